The maximum absolute atomic E-state index is 12.4. The van der Waals surface area contributed by atoms with E-state index in [4.69, 9.17) is 4.74 Å². The molecule has 2 aromatic rings. The summed E-state index contributed by atoms with van der Waals surface area (Å²) in [5.41, 5.74) is 2.77. The number of benzene rings is 1. The highest BCUT2D eigenvalue weighted by Gasteiger charge is 2.38. The van der Waals surface area contributed by atoms with Crippen molar-refractivity contribution in [1.82, 2.24) is 0 Å². The lowest BCUT2D eigenvalue weighted by molar-refractivity contribution is -0.645. The molecule has 0 radical (unpaired) electrons. The lowest BCUT2D eigenvalue weighted by atomic mass is 9.83. The van der Waals surface area contributed by atoms with Crippen LogP contribution in [0, 0.1) is 5.21 Å². The first-order valence-electron chi connectivity index (χ1n) is 8.85. The first-order chi connectivity index (χ1) is 13.3. The molecule has 0 saturated carbocycles. The molecule has 0 amide bonds. The lowest BCUT2D eigenvalue weighted by Gasteiger charge is -2.23. The molecule has 0 atom stereocenters. The molecule has 0 bridgehead atoms. The number of thioether (sulfide) groups is 1. The Morgan fingerprint density at radius 1 is 1.21 bits per heavy atom. The van der Waals surface area contributed by atoms with Crippen LogP contribution < -0.4 is 9.63 Å². The summed E-state index contributed by atoms with van der Waals surface area (Å²) in [6.45, 7) is 3.81. The number of aromatic nitrogens is 1. The number of hydrogen-bond acceptors (Lipinski definition) is 6. The van der Waals surface area contributed by atoms with E-state index in [9.17, 15) is 14.8 Å². The summed E-state index contributed by atoms with van der Waals surface area (Å²) in [5, 5.41) is 12.0. The van der Waals surface area contributed by atoms with Gasteiger partial charge in [0.15, 0.2) is 18.6 Å². The van der Waals surface area contributed by atoms with Crippen molar-refractivity contribution in [3.63, 3.8) is 0 Å². The molecule has 3 rings (SSSR count). The third kappa shape index (κ3) is 4.04. The summed E-state index contributed by atoms with van der Waals surface area (Å²) < 4.78 is 5.76. The molecule has 7 heteroatoms. The van der Waals surface area contributed by atoms with Crippen molar-refractivity contribution < 1.29 is 19.1 Å². The number of carbonyl (C=O) groups excluding carboxylic acids is 2. The predicted octanol–water partition coefficient (Wildman–Crippen LogP) is 2.84. The van der Waals surface area contributed by atoms with Crippen molar-refractivity contribution in [2.75, 3.05) is 24.3 Å². The Morgan fingerprint density at radius 2 is 1.93 bits per heavy atom. The molecule has 1 aliphatic heterocycles. The molecule has 28 heavy (non-hydrogen) atoms. The van der Waals surface area contributed by atoms with Crippen LogP contribution in [-0.4, -0.2) is 31.2 Å². The van der Waals surface area contributed by atoms with Crippen LogP contribution in [0.3, 0.4) is 0 Å². The standard InChI is InChI=1S/C21H22N2O4S/c1-21(2)16-8-4-5-9-17(16)22(3)18(21)12-15(24)13-27-20(25)14-28-19-10-6-7-11-23(19)26/h4-12H,13-14H2,1-3H3. The number of fused-ring (bicyclic) bond motifs is 1. The van der Waals surface area contributed by atoms with E-state index < -0.39 is 5.97 Å². The van der Waals surface area contributed by atoms with E-state index in [-0.39, 0.29) is 23.6 Å². The molecule has 0 spiro atoms. The number of pyridine rings is 1. The molecular weight excluding hydrogens is 376 g/mol. The van der Waals surface area contributed by atoms with Crippen molar-refractivity contribution in [3.05, 3.63) is 71.2 Å². The van der Waals surface area contributed by atoms with E-state index in [0.717, 1.165) is 28.7 Å². The molecule has 1 aromatic carbocycles. The van der Waals surface area contributed by atoms with Gasteiger partial charge >= 0.3 is 5.97 Å². The Balaban J connectivity index is 1.58. The van der Waals surface area contributed by atoms with Gasteiger partial charge in [-0.1, -0.05) is 32.0 Å². The fourth-order valence-corrected chi connectivity index (χ4v) is 4.02. The van der Waals surface area contributed by atoms with Crippen LogP contribution in [0.4, 0.5) is 5.69 Å². The zero-order valence-corrected chi connectivity index (χ0v) is 16.9. The Bertz CT molecular complexity index is 940. The number of nitrogens with zero attached hydrogens (tertiary/aromatic N) is 2. The number of ketones is 1. The lowest BCUT2D eigenvalue weighted by Crippen LogP contribution is -2.28. The highest BCUT2D eigenvalue weighted by Crippen LogP contribution is 2.46. The maximum Gasteiger partial charge on any atom is 0.316 e. The van der Waals surface area contributed by atoms with E-state index in [2.05, 4.69) is 19.9 Å². The summed E-state index contributed by atoms with van der Waals surface area (Å²) in [5.74, 6) is -0.852. The minimum Gasteiger partial charge on any atom is -0.618 e. The van der Waals surface area contributed by atoms with Crippen molar-refractivity contribution in [1.29, 1.82) is 0 Å². The van der Waals surface area contributed by atoms with Gasteiger partial charge in [-0.05, 0) is 29.5 Å². The molecule has 6 nitrogen and oxygen atoms in total. The Kier molecular flexibility index (Phi) is 5.74. The van der Waals surface area contributed by atoms with Crippen LogP contribution >= 0.6 is 11.8 Å². The molecule has 0 aliphatic carbocycles. The Hall–Kier alpha value is -2.80. The number of esters is 1. The minimum atomic E-state index is -0.539. The topological polar surface area (TPSA) is 73.5 Å². The van der Waals surface area contributed by atoms with Crippen LogP contribution in [0.2, 0.25) is 0 Å². The zero-order valence-electron chi connectivity index (χ0n) is 16.0. The molecule has 1 aromatic heterocycles. The zero-order chi connectivity index (χ0) is 20.3. The normalized spacial score (nSPS) is 16.1. The van der Waals surface area contributed by atoms with Gasteiger partial charge in [0.05, 0.1) is 0 Å². The fourth-order valence-electron chi connectivity index (χ4n) is 3.30. The van der Waals surface area contributed by atoms with Gasteiger partial charge in [0.1, 0.15) is 5.75 Å². The first kappa shape index (κ1) is 19.9. The quantitative estimate of drug-likeness (QED) is 0.245. The van der Waals surface area contributed by atoms with E-state index in [1.54, 1.807) is 24.3 Å². The summed E-state index contributed by atoms with van der Waals surface area (Å²) in [4.78, 5) is 26.3. The van der Waals surface area contributed by atoms with Gasteiger partial charge in [-0.15, -0.1) is 0 Å². The van der Waals surface area contributed by atoms with Crippen LogP contribution in [-0.2, 0) is 19.7 Å². The average Bonchev–Trinajstić information content (AvgIpc) is 2.87. The SMILES string of the molecule is CN1C(=CC(=O)COC(=O)CSc2cccc[n+]2[O-])C(C)(C)c2ccccc21. The summed E-state index contributed by atoms with van der Waals surface area (Å²) in [6.07, 6.45) is 2.91. The number of hydrogen-bond donors (Lipinski definition) is 0. The second kappa shape index (κ2) is 8.06. The largest absolute Gasteiger partial charge is 0.618 e. The third-order valence-electron chi connectivity index (χ3n) is 4.74. The number of allylic oxidation sites excluding steroid dienone is 1. The van der Waals surface area contributed by atoms with E-state index >= 15 is 0 Å². The molecule has 0 N–H and O–H groups in total. The van der Waals surface area contributed by atoms with Gasteiger partial charge in [-0.3, -0.25) is 9.59 Å². The van der Waals surface area contributed by atoms with Crippen molar-refractivity contribution >= 4 is 29.2 Å². The minimum absolute atomic E-state index is 0.0348. The van der Waals surface area contributed by atoms with E-state index in [0.29, 0.717) is 9.76 Å². The van der Waals surface area contributed by atoms with Gasteiger partial charge in [0, 0.05) is 42.1 Å². The maximum atomic E-state index is 12.4. The van der Waals surface area contributed by atoms with Crippen molar-refractivity contribution in [2.24, 2.45) is 0 Å². The third-order valence-corrected chi connectivity index (χ3v) is 5.73. The number of carbonyl (C=O) groups is 2. The van der Waals surface area contributed by atoms with Crippen molar-refractivity contribution in [3.8, 4) is 0 Å². The molecule has 1 aliphatic rings. The van der Waals surface area contributed by atoms with Crippen LogP contribution in [0.5, 0.6) is 0 Å². The van der Waals surface area contributed by atoms with Gasteiger partial charge in [-0.25, -0.2) is 0 Å². The fraction of sp³-hybridized carbons (Fsp3) is 0.286. The van der Waals surface area contributed by atoms with Crippen molar-refractivity contribution in [2.45, 2.75) is 24.3 Å². The molecule has 0 unspecified atom stereocenters. The second-order valence-electron chi connectivity index (χ2n) is 7.01. The number of anilines is 1. The number of ether oxygens (including phenoxy) is 1. The van der Waals surface area contributed by atoms with Crippen LogP contribution in [0.1, 0.15) is 19.4 Å². The summed E-state index contributed by atoms with van der Waals surface area (Å²) in [7, 11) is 1.92. The number of rotatable bonds is 6. The van der Waals surface area contributed by atoms with E-state index in [1.165, 1.54) is 6.20 Å². The number of para-hydroxylation sites is 1. The summed E-state index contributed by atoms with van der Waals surface area (Å²) in [6, 6.07) is 13.0. The second-order valence-corrected chi connectivity index (χ2v) is 8.01. The monoisotopic (exact) mass is 398 g/mol. The Labute approximate surface area is 168 Å². The van der Waals surface area contributed by atoms with Gasteiger partial charge < -0.3 is 14.8 Å². The molecule has 0 fully saturated rings. The number of likely N-dealkylation sites (N-methyl/N-ethyl adjacent to an activating group) is 1. The molecule has 2 heterocycles. The molecule has 0 saturated heterocycles. The van der Waals surface area contributed by atoms with Crippen LogP contribution in [0.25, 0.3) is 0 Å². The van der Waals surface area contributed by atoms with E-state index in [1.807, 2.05) is 30.1 Å². The predicted molar refractivity (Wildman–Crippen MR) is 108 cm³/mol. The van der Waals surface area contributed by atoms with Gasteiger partial charge in [0.2, 0.25) is 0 Å². The highest BCUT2D eigenvalue weighted by molar-refractivity contribution is 7.99. The summed E-state index contributed by atoms with van der Waals surface area (Å²) >= 11 is 1.07. The smallest absolute Gasteiger partial charge is 0.316 e. The van der Waals surface area contributed by atoms with Gasteiger partial charge in [-0.2, -0.15) is 4.73 Å². The highest BCUT2D eigenvalue weighted by atomic mass is 32.2. The van der Waals surface area contributed by atoms with Gasteiger partial charge in [0.25, 0.3) is 5.03 Å². The molecule has 146 valence electrons. The first-order valence-corrected chi connectivity index (χ1v) is 9.84. The molecular formula is C21H22N2O4S. The Morgan fingerprint density at radius 3 is 2.64 bits per heavy atom. The van der Waals surface area contributed by atoms with Crippen LogP contribution in [0.15, 0.2) is 65.5 Å². The average molecular weight is 398 g/mol.